The van der Waals surface area contributed by atoms with Crippen molar-refractivity contribution in [2.24, 2.45) is 0 Å². The Morgan fingerprint density at radius 3 is 2.79 bits per heavy atom. The zero-order chi connectivity index (χ0) is 13.8. The van der Waals surface area contributed by atoms with E-state index in [2.05, 4.69) is 27.3 Å². The lowest BCUT2D eigenvalue weighted by molar-refractivity contribution is 0.407. The Morgan fingerprint density at radius 1 is 1.37 bits per heavy atom. The van der Waals surface area contributed by atoms with Crippen LogP contribution in [-0.2, 0) is 6.54 Å². The quantitative estimate of drug-likeness (QED) is 0.860. The minimum atomic E-state index is 0.0518. The summed E-state index contributed by atoms with van der Waals surface area (Å²) in [7, 11) is 1.62. The average molecular weight is 342 g/mol. The molecule has 1 aromatic carbocycles. The normalized spacial score (nSPS) is 12.4. The highest BCUT2D eigenvalue weighted by molar-refractivity contribution is 9.11. The molecule has 1 unspecified atom stereocenters. The van der Waals surface area contributed by atoms with E-state index in [0.29, 0.717) is 0 Å². The summed E-state index contributed by atoms with van der Waals surface area (Å²) in [5, 5.41) is 13.3. The Morgan fingerprint density at radius 2 is 2.16 bits per heavy atom. The Kier molecular flexibility index (Phi) is 4.85. The van der Waals surface area contributed by atoms with E-state index in [1.54, 1.807) is 30.6 Å². The monoisotopic (exact) mass is 341 g/mol. The highest BCUT2D eigenvalue weighted by Gasteiger charge is 2.11. The van der Waals surface area contributed by atoms with Crippen LogP contribution >= 0.6 is 27.3 Å². The molecule has 1 heterocycles. The van der Waals surface area contributed by atoms with Gasteiger partial charge in [0.15, 0.2) is 0 Å². The molecule has 0 fully saturated rings. The topological polar surface area (TPSA) is 41.5 Å². The van der Waals surface area contributed by atoms with Crippen molar-refractivity contribution in [3.05, 3.63) is 44.6 Å². The van der Waals surface area contributed by atoms with Gasteiger partial charge in [0.25, 0.3) is 0 Å². The number of hydrogen-bond acceptors (Lipinski definition) is 4. The average Bonchev–Trinajstić information content (AvgIpc) is 2.82. The first-order valence-electron chi connectivity index (χ1n) is 5.94. The first-order valence-corrected chi connectivity index (χ1v) is 7.55. The molecule has 0 saturated heterocycles. The Labute approximate surface area is 125 Å². The van der Waals surface area contributed by atoms with E-state index in [1.165, 1.54) is 4.88 Å². The first-order chi connectivity index (χ1) is 9.10. The fourth-order valence-electron chi connectivity index (χ4n) is 1.82. The lowest BCUT2D eigenvalue weighted by atomic mass is 10.1. The summed E-state index contributed by atoms with van der Waals surface area (Å²) in [6.45, 7) is 2.80. The Hall–Kier alpha value is -1.04. The number of rotatable bonds is 5. The number of halogens is 1. The molecule has 2 N–H and O–H groups in total. The maximum atomic E-state index is 9.90. The molecule has 19 heavy (non-hydrogen) atoms. The molecule has 1 atom stereocenters. The van der Waals surface area contributed by atoms with Crippen molar-refractivity contribution in [1.29, 1.82) is 0 Å². The van der Waals surface area contributed by atoms with E-state index < -0.39 is 0 Å². The number of phenols is 1. The number of phenolic OH excluding ortho intramolecular Hbond substituents is 1. The molecule has 0 spiro atoms. The third kappa shape index (κ3) is 3.72. The van der Waals surface area contributed by atoms with Crippen molar-refractivity contribution in [2.75, 3.05) is 7.11 Å². The predicted molar refractivity (Wildman–Crippen MR) is 81.9 cm³/mol. The third-order valence-electron chi connectivity index (χ3n) is 2.91. The molecule has 2 rings (SSSR count). The van der Waals surface area contributed by atoms with Crippen LogP contribution in [0.5, 0.6) is 11.5 Å². The largest absolute Gasteiger partial charge is 0.508 e. The molecule has 0 saturated carbocycles. The molecule has 2 aromatic rings. The van der Waals surface area contributed by atoms with Crippen LogP contribution in [0.3, 0.4) is 0 Å². The van der Waals surface area contributed by atoms with Gasteiger partial charge in [-0.1, -0.05) is 0 Å². The minimum Gasteiger partial charge on any atom is -0.508 e. The van der Waals surface area contributed by atoms with Gasteiger partial charge < -0.3 is 15.2 Å². The van der Waals surface area contributed by atoms with Crippen molar-refractivity contribution in [3.8, 4) is 11.5 Å². The Balaban J connectivity index is 2.04. The third-order valence-corrected chi connectivity index (χ3v) is 4.54. The fourth-order valence-corrected chi connectivity index (χ4v) is 3.25. The van der Waals surface area contributed by atoms with Crippen molar-refractivity contribution in [1.82, 2.24) is 5.32 Å². The number of hydrogen-bond donors (Lipinski definition) is 2. The van der Waals surface area contributed by atoms with Crippen LogP contribution in [0.2, 0.25) is 0 Å². The van der Waals surface area contributed by atoms with Crippen molar-refractivity contribution < 1.29 is 9.84 Å². The summed E-state index contributed by atoms with van der Waals surface area (Å²) in [4.78, 5) is 1.25. The molecule has 3 nitrogen and oxygen atoms in total. The number of nitrogens with one attached hydrogen (secondary N) is 1. The molecule has 102 valence electrons. The lowest BCUT2D eigenvalue weighted by Crippen LogP contribution is -2.17. The molecular weight excluding hydrogens is 326 g/mol. The second kappa shape index (κ2) is 6.41. The molecule has 0 amide bonds. The molecule has 0 aliphatic heterocycles. The summed E-state index contributed by atoms with van der Waals surface area (Å²) in [5.41, 5.74) is 0.843. The maximum Gasteiger partial charge on any atom is 0.120 e. The van der Waals surface area contributed by atoms with E-state index in [-0.39, 0.29) is 11.8 Å². The SMILES string of the molecule is COc1ccc(O)c(C(C)NCc2ccc(Br)s2)c1. The Bertz CT molecular complexity index is 556. The molecular formula is C14H16BrNO2S. The highest BCUT2D eigenvalue weighted by atomic mass is 79.9. The highest BCUT2D eigenvalue weighted by Crippen LogP contribution is 2.29. The van der Waals surface area contributed by atoms with Crippen LogP contribution in [0.15, 0.2) is 34.1 Å². The van der Waals surface area contributed by atoms with Gasteiger partial charge in [-0.2, -0.15) is 0 Å². The van der Waals surface area contributed by atoms with Gasteiger partial charge in [-0.25, -0.2) is 0 Å². The summed E-state index contributed by atoms with van der Waals surface area (Å²) in [6.07, 6.45) is 0. The number of aromatic hydroxyl groups is 1. The van der Waals surface area contributed by atoms with Gasteiger partial charge in [-0.15, -0.1) is 11.3 Å². The van der Waals surface area contributed by atoms with Gasteiger partial charge in [0.2, 0.25) is 0 Å². The van der Waals surface area contributed by atoms with Crippen LogP contribution < -0.4 is 10.1 Å². The van der Waals surface area contributed by atoms with Crippen LogP contribution in [0.4, 0.5) is 0 Å². The summed E-state index contributed by atoms with van der Waals surface area (Å²) in [6, 6.07) is 9.44. The molecule has 0 aliphatic carbocycles. The standard InChI is InChI=1S/C14H16BrNO2S/c1-9(16-8-11-4-6-14(15)19-11)12-7-10(18-2)3-5-13(12)17/h3-7,9,16-17H,8H2,1-2H3. The number of benzene rings is 1. The van der Waals surface area contributed by atoms with E-state index in [1.807, 2.05) is 19.1 Å². The van der Waals surface area contributed by atoms with E-state index in [9.17, 15) is 5.11 Å². The fraction of sp³-hybridized carbons (Fsp3) is 0.286. The summed E-state index contributed by atoms with van der Waals surface area (Å²) < 4.78 is 6.31. The van der Waals surface area contributed by atoms with Gasteiger partial charge in [-0.05, 0) is 53.2 Å². The molecule has 1 aromatic heterocycles. The molecule has 5 heteroatoms. The molecule has 0 bridgehead atoms. The van der Waals surface area contributed by atoms with Crippen LogP contribution in [-0.4, -0.2) is 12.2 Å². The van der Waals surface area contributed by atoms with Gasteiger partial charge in [0.05, 0.1) is 10.9 Å². The summed E-state index contributed by atoms with van der Waals surface area (Å²) in [5.74, 6) is 1.04. The van der Waals surface area contributed by atoms with Gasteiger partial charge in [0.1, 0.15) is 11.5 Å². The van der Waals surface area contributed by atoms with Crippen molar-refractivity contribution in [3.63, 3.8) is 0 Å². The molecule has 0 aliphatic rings. The van der Waals surface area contributed by atoms with Crippen molar-refractivity contribution in [2.45, 2.75) is 19.5 Å². The zero-order valence-corrected chi connectivity index (χ0v) is 13.2. The number of methoxy groups -OCH3 is 1. The van der Waals surface area contributed by atoms with Gasteiger partial charge >= 0.3 is 0 Å². The van der Waals surface area contributed by atoms with E-state index in [4.69, 9.17) is 4.74 Å². The van der Waals surface area contributed by atoms with Crippen LogP contribution in [0, 0.1) is 0 Å². The number of thiophene rings is 1. The predicted octanol–water partition coefficient (Wildman–Crippen LogP) is 4.08. The zero-order valence-electron chi connectivity index (χ0n) is 10.8. The van der Waals surface area contributed by atoms with Crippen LogP contribution in [0.1, 0.15) is 23.4 Å². The summed E-state index contributed by atoms with van der Waals surface area (Å²) >= 11 is 5.15. The minimum absolute atomic E-state index is 0.0518. The maximum absolute atomic E-state index is 9.90. The smallest absolute Gasteiger partial charge is 0.120 e. The van der Waals surface area contributed by atoms with E-state index >= 15 is 0 Å². The van der Waals surface area contributed by atoms with E-state index in [0.717, 1.165) is 21.6 Å². The van der Waals surface area contributed by atoms with Crippen LogP contribution in [0.25, 0.3) is 0 Å². The lowest BCUT2D eigenvalue weighted by Gasteiger charge is -2.16. The van der Waals surface area contributed by atoms with Crippen molar-refractivity contribution >= 4 is 27.3 Å². The first kappa shape index (κ1) is 14.4. The molecule has 0 radical (unpaired) electrons. The second-order valence-electron chi connectivity index (χ2n) is 4.23. The van der Waals surface area contributed by atoms with Gasteiger partial charge in [0, 0.05) is 23.0 Å². The number of ether oxygens (including phenoxy) is 1. The second-order valence-corrected chi connectivity index (χ2v) is 6.78. The van der Waals surface area contributed by atoms with Gasteiger partial charge in [-0.3, -0.25) is 0 Å².